The van der Waals surface area contributed by atoms with Crippen LogP contribution in [0.15, 0.2) is 6.33 Å². The molecule has 0 unspecified atom stereocenters. The third-order valence-corrected chi connectivity index (χ3v) is 7.09. The van der Waals surface area contributed by atoms with Gasteiger partial charge in [0.2, 0.25) is 5.95 Å². The number of aromatic nitrogens is 4. The summed E-state index contributed by atoms with van der Waals surface area (Å²) >= 11 is 0. The number of ether oxygens (including phenoxy) is 1. The van der Waals surface area contributed by atoms with Crippen LogP contribution in [0, 0.1) is 0 Å². The van der Waals surface area contributed by atoms with Crippen molar-refractivity contribution in [2.75, 3.05) is 62.8 Å². The molecule has 3 aliphatic rings. The van der Waals surface area contributed by atoms with Crippen LogP contribution >= 0.6 is 0 Å². The van der Waals surface area contributed by atoms with Crippen LogP contribution in [-0.2, 0) is 4.74 Å². The summed E-state index contributed by atoms with van der Waals surface area (Å²) in [6.07, 6.45) is 10.4. The average Bonchev–Trinajstić information content (AvgIpc) is 3.28. The number of nitrogens with one attached hydrogen (secondary N) is 1. The zero-order valence-corrected chi connectivity index (χ0v) is 18.4. The number of aliphatic hydroxyl groups excluding tert-OH is 1. The van der Waals surface area contributed by atoms with Crippen molar-refractivity contribution in [3.8, 4) is 0 Å². The Morgan fingerprint density at radius 2 is 1.74 bits per heavy atom. The monoisotopic (exact) mass is 429 g/mol. The molecule has 0 bridgehead atoms. The summed E-state index contributed by atoms with van der Waals surface area (Å²) in [4.78, 5) is 19.4. The SMILES string of the molecule is OCCNc1nc(N2CCC(N3CCOCC3)CC2)nc2c1ncn2C1CCCCC1. The lowest BCUT2D eigenvalue weighted by atomic mass is 9.95. The van der Waals surface area contributed by atoms with Crippen molar-refractivity contribution in [3.63, 3.8) is 0 Å². The summed E-state index contributed by atoms with van der Waals surface area (Å²) in [5, 5.41) is 12.6. The van der Waals surface area contributed by atoms with E-state index in [0.717, 1.165) is 75.2 Å². The van der Waals surface area contributed by atoms with Gasteiger partial charge in [-0.1, -0.05) is 19.3 Å². The minimum atomic E-state index is 0.0646. The fraction of sp³-hybridized carbons (Fsp3) is 0.773. The van der Waals surface area contributed by atoms with E-state index in [-0.39, 0.29) is 6.61 Å². The topological polar surface area (TPSA) is 91.6 Å². The van der Waals surface area contributed by atoms with Crippen molar-refractivity contribution < 1.29 is 9.84 Å². The number of anilines is 2. The summed E-state index contributed by atoms with van der Waals surface area (Å²) in [5.41, 5.74) is 1.73. The molecule has 5 rings (SSSR count). The molecule has 2 aromatic rings. The molecule has 9 nitrogen and oxygen atoms in total. The normalized spacial score (nSPS) is 22.3. The Bertz CT molecular complexity index is 853. The van der Waals surface area contributed by atoms with E-state index in [1.807, 2.05) is 6.33 Å². The first-order valence-corrected chi connectivity index (χ1v) is 12.0. The molecular weight excluding hydrogens is 394 g/mol. The van der Waals surface area contributed by atoms with Crippen LogP contribution in [0.25, 0.3) is 11.2 Å². The molecule has 1 aliphatic carbocycles. The number of piperidine rings is 1. The molecule has 9 heteroatoms. The van der Waals surface area contributed by atoms with Gasteiger partial charge in [-0.05, 0) is 25.7 Å². The minimum Gasteiger partial charge on any atom is -0.395 e. The summed E-state index contributed by atoms with van der Waals surface area (Å²) in [5.74, 6) is 1.52. The van der Waals surface area contributed by atoms with E-state index >= 15 is 0 Å². The second kappa shape index (κ2) is 9.67. The Labute approximate surface area is 183 Å². The quantitative estimate of drug-likeness (QED) is 0.721. The Hall–Kier alpha value is -1.97. The van der Waals surface area contributed by atoms with Crippen molar-refractivity contribution in [2.45, 2.75) is 57.0 Å². The Morgan fingerprint density at radius 3 is 2.48 bits per heavy atom. The van der Waals surface area contributed by atoms with Gasteiger partial charge in [-0.25, -0.2) is 4.98 Å². The summed E-state index contributed by atoms with van der Waals surface area (Å²) in [6.45, 7) is 6.24. The average molecular weight is 430 g/mol. The van der Waals surface area contributed by atoms with Gasteiger partial charge in [0.05, 0.1) is 26.1 Å². The molecule has 0 spiro atoms. The standard InChI is InChI=1S/C22H35N7O2/c30-13-8-23-20-19-21(29(16-24-19)18-4-2-1-3-5-18)26-22(25-20)28-9-6-17(7-10-28)27-11-14-31-15-12-27/h16-18,30H,1-15H2,(H,23,25,26). The van der Waals surface area contributed by atoms with Gasteiger partial charge in [0.1, 0.15) is 0 Å². The van der Waals surface area contributed by atoms with E-state index in [9.17, 15) is 5.11 Å². The van der Waals surface area contributed by atoms with Crippen LogP contribution in [0.3, 0.4) is 0 Å². The predicted molar refractivity (Wildman–Crippen MR) is 121 cm³/mol. The lowest BCUT2D eigenvalue weighted by Crippen LogP contribution is -2.49. The molecule has 2 N–H and O–H groups in total. The fourth-order valence-corrected chi connectivity index (χ4v) is 5.34. The highest BCUT2D eigenvalue weighted by atomic mass is 16.5. The molecule has 0 aromatic carbocycles. The molecular formula is C22H35N7O2. The smallest absolute Gasteiger partial charge is 0.229 e. The van der Waals surface area contributed by atoms with Crippen LogP contribution in [-0.4, -0.2) is 88.1 Å². The number of aliphatic hydroxyl groups is 1. The number of hydrogen-bond donors (Lipinski definition) is 2. The van der Waals surface area contributed by atoms with Gasteiger partial charge >= 0.3 is 0 Å². The van der Waals surface area contributed by atoms with Crippen molar-refractivity contribution in [3.05, 3.63) is 6.33 Å². The molecule has 0 amide bonds. The molecule has 1 saturated carbocycles. The number of hydrogen-bond acceptors (Lipinski definition) is 8. The van der Waals surface area contributed by atoms with Crippen LogP contribution in [0.5, 0.6) is 0 Å². The first-order chi connectivity index (χ1) is 15.3. The van der Waals surface area contributed by atoms with Crippen LogP contribution in [0.2, 0.25) is 0 Å². The van der Waals surface area contributed by atoms with Gasteiger partial charge in [-0.2, -0.15) is 9.97 Å². The lowest BCUT2D eigenvalue weighted by molar-refractivity contribution is 0.0114. The van der Waals surface area contributed by atoms with Crippen molar-refractivity contribution >= 4 is 22.9 Å². The fourth-order valence-electron chi connectivity index (χ4n) is 5.34. The van der Waals surface area contributed by atoms with E-state index in [1.165, 1.54) is 32.1 Å². The van der Waals surface area contributed by atoms with Gasteiger partial charge in [-0.15, -0.1) is 0 Å². The Kier molecular flexibility index (Phi) is 6.52. The summed E-state index contributed by atoms with van der Waals surface area (Å²) < 4.78 is 7.78. The minimum absolute atomic E-state index is 0.0646. The molecule has 3 fully saturated rings. The van der Waals surface area contributed by atoms with Gasteiger partial charge < -0.3 is 24.6 Å². The number of fused-ring (bicyclic) bond motifs is 1. The number of rotatable bonds is 6. The predicted octanol–water partition coefficient (Wildman–Crippen LogP) is 2.04. The van der Waals surface area contributed by atoms with Gasteiger partial charge in [0.25, 0.3) is 0 Å². The zero-order valence-electron chi connectivity index (χ0n) is 18.4. The first-order valence-electron chi connectivity index (χ1n) is 12.0. The Balaban J connectivity index is 1.38. The molecule has 31 heavy (non-hydrogen) atoms. The molecule has 0 atom stereocenters. The van der Waals surface area contributed by atoms with Crippen molar-refractivity contribution in [2.24, 2.45) is 0 Å². The third-order valence-electron chi connectivity index (χ3n) is 7.09. The zero-order chi connectivity index (χ0) is 21.0. The summed E-state index contributed by atoms with van der Waals surface area (Å²) in [6, 6.07) is 1.10. The molecule has 2 saturated heterocycles. The number of imidazole rings is 1. The molecule has 0 radical (unpaired) electrons. The maximum Gasteiger partial charge on any atom is 0.229 e. The maximum atomic E-state index is 9.32. The number of morpholine rings is 1. The highest BCUT2D eigenvalue weighted by Gasteiger charge is 2.28. The van der Waals surface area contributed by atoms with E-state index in [2.05, 4.69) is 24.7 Å². The Morgan fingerprint density at radius 1 is 0.968 bits per heavy atom. The molecule has 2 aliphatic heterocycles. The molecule has 4 heterocycles. The first kappa shape index (κ1) is 20.9. The highest BCUT2D eigenvalue weighted by Crippen LogP contribution is 2.32. The van der Waals surface area contributed by atoms with E-state index in [4.69, 9.17) is 14.7 Å². The van der Waals surface area contributed by atoms with Crippen LogP contribution < -0.4 is 10.2 Å². The van der Waals surface area contributed by atoms with Crippen LogP contribution in [0.1, 0.15) is 51.0 Å². The van der Waals surface area contributed by atoms with E-state index in [0.29, 0.717) is 18.6 Å². The third kappa shape index (κ3) is 4.49. The van der Waals surface area contributed by atoms with Crippen molar-refractivity contribution in [1.82, 2.24) is 24.4 Å². The molecule has 2 aromatic heterocycles. The van der Waals surface area contributed by atoms with Gasteiger partial charge in [0.15, 0.2) is 17.0 Å². The number of nitrogens with zero attached hydrogens (tertiary/aromatic N) is 6. The molecule has 170 valence electrons. The highest BCUT2D eigenvalue weighted by molar-refractivity contribution is 5.84. The maximum absolute atomic E-state index is 9.32. The van der Waals surface area contributed by atoms with E-state index in [1.54, 1.807) is 0 Å². The second-order valence-electron chi connectivity index (χ2n) is 9.01. The second-order valence-corrected chi connectivity index (χ2v) is 9.01. The van der Waals surface area contributed by atoms with Gasteiger partial charge in [-0.3, -0.25) is 4.90 Å². The van der Waals surface area contributed by atoms with Crippen LogP contribution in [0.4, 0.5) is 11.8 Å². The summed E-state index contributed by atoms with van der Waals surface area (Å²) in [7, 11) is 0. The van der Waals surface area contributed by atoms with E-state index < -0.39 is 0 Å². The van der Waals surface area contributed by atoms with Gasteiger partial charge in [0, 0.05) is 44.8 Å². The van der Waals surface area contributed by atoms with Crippen molar-refractivity contribution in [1.29, 1.82) is 0 Å². The lowest BCUT2D eigenvalue weighted by Gasteiger charge is -2.40. The largest absolute Gasteiger partial charge is 0.395 e.